The molecule has 0 N–H and O–H groups in total. The van der Waals surface area contributed by atoms with Crippen LogP contribution in [0.2, 0.25) is 5.02 Å². The highest BCUT2D eigenvalue weighted by atomic mass is 35.5. The molecule has 5 nitrogen and oxygen atoms in total. The molecular formula is C13H10Cl2N2O3. The summed E-state index contributed by atoms with van der Waals surface area (Å²) in [6.45, 7) is 0.207. The normalized spacial score (nSPS) is 10.5. The zero-order valence-corrected chi connectivity index (χ0v) is 11.8. The highest BCUT2D eigenvalue weighted by Gasteiger charge is 2.17. The lowest BCUT2D eigenvalue weighted by atomic mass is 10.1. The number of carbonyl (C=O) groups excluding carboxylic acids is 1. The highest BCUT2D eigenvalue weighted by Crippen LogP contribution is 2.24. The number of Topliss-reactive ketones (excluding diaryl/α,β-unsaturated/α-hetero) is 1. The minimum Gasteiger partial charge on any atom is -0.340 e. The lowest BCUT2D eigenvalue weighted by molar-refractivity contribution is -0.385. The maximum Gasteiger partial charge on any atom is 0.275 e. The first-order valence-electron chi connectivity index (χ1n) is 5.70. The molecule has 7 heteroatoms. The van der Waals surface area contributed by atoms with Crippen LogP contribution in [0.1, 0.15) is 16.1 Å². The predicted molar refractivity (Wildman–Crippen MR) is 76.7 cm³/mol. The van der Waals surface area contributed by atoms with Crippen molar-refractivity contribution in [1.29, 1.82) is 0 Å². The number of hydrogen-bond donors (Lipinski definition) is 0. The topological polar surface area (TPSA) is 65.1 Å². The number of carbonyl (C=O) groups is 1. The number of hydrogen-bond acceptors (Lipinski definition) is 3. The van der Waals surface area contributed by atoms with Gasteiger partial charge in [0.25, 0.3) is 5.69 Å². The third-order valence-corrected chi connectivity index (χ3v) is 3.30. The van der Waals surface area contributed by atoms with E-state index < -0.39 is 4.92 Å². The van der Waals surface area contributed by atoms with E-state index in [0.29, 0.717) is 16.3 Å². The van der Waals surface area contributed by atoms with Crippen molar-refractivity contribution >= 4 is 34.7 Å². The van der Waals surface area contributed by atoms with Gasteiger partial charge in [0.05, 0.1) is 23.0 Å². The van der Waals surface area contributed by atoms with Gasteiger partial charge in [-0.25, -0.2) is 0 Å². The summed E-state index contributed by atoms with van der Waals surface area (Å²) in [7, 11) is 0. The van der Waals surface area contributed by atoms with Gasteiger partial charge in [-0.05, 0) is 24.3 Å². The molecule has 1 aromatic heterocycles. The lowest BCUT2D eigenvalue weighted by Gasteiger charge is -2.08. The van der Waals surface area contributed by atoms with Gasteiger partial charge >= 0.3 is 0 Å². The van der Waals surface area contributed by atoms with Crippen LogP contribution in [-0.4, -0.2) is 21.2 Å². The molecule has 0 aliphatic heterocycles. The Kier molecular flexibility index (Phi) is 4.42. The van der Waals surface area contributed by atoms with Crippen LogP contribution >= 0.6 is 23.2 Å². The predicted octanol–water partition coefficient (Wildman–Crippen LogP) is 3.52. The van der Waals surface area contributed by atoms with E-state index in [1.54, 1.807) is 35.0 Å². The fraction of sp³-hybridized carbons (Fsp3) is 0.154. The van der Waals surface area contributed by atoms with Crippen molar-refractivity contribution in [3.63, 3.8) is 0 Å². The van der Waals surface area contributed by atoms with Crippen LogP contribution in [0.3, 0.4) is 0 Å². The largest absolute Gasteiger partial charge is 0.340 e. The summed E-state index contributed by atoms with van der Waals surface area (Å²) in [4.78, 5) is 22.2. The molecule has 20 heavy (non-hydrogen) atoms. The van der Waals surface area contributed by atoms with E-state index in [2.05, 4.69) is 0 Å². The average Bonchev–Trinajstić information content (AvgIpc) is 2.87. The molecule has 0 amide bonds. The molecule has 0 radical (unpaired) electrons. The Hall–Kier alpha value is -1.85. The Balaban J connectivity index is 2.38. The molecule has 0 spiro atoms. The van der Waals surface area contributed by atoms with Crippen molar-refractivity contribution in [2.24, 2.45) is 0 Å². The molecule has 1 aromatic carbocycles. The van der Waals surface area contributed by atoms with Crippen molar-refractivity contribution in [2.75, 3.05) is 5.88 Å². The number of nitro groups is 1. The second-order valence-corrected chi connectivity index (χ2v) is 4.81. The van der Waals surface area contributed by atoms with Crippen LogP contribution < -0.4 is 0 Å². The van der Waals surface area contributed by atoms with Crippen molar-refractivity contribution in [1.82, 2.24) is 4.57 Å². The van der Waals surface area contributed by atoms with E-state index in [0.717, 1.165) is 0 Å². The van der Waals surface area contributed by atoms with Gasteiger partial charge in [-0.15, -0.1) is 11.6 Å². The SMILES string of the molecule is O=C(CCl)c1cccn1Cc1ccc(Cl)cc1[N+](=O)[O-]. The minimum absolute atomic E-state index is 0.0736. The number of nitrogens with zero attached hydrogens (tertiary/aromatic N) is 2. The summed E-state index contributed by atoms with van der Waals surface area (Å²) in [6, 6.07) is 7.78. The maximum absolute atomic E-state index is 11.7. The zero-order chi connectivity index (χ0) is 14.7. The number of rotatable bonds is 5. The van der Waals surface area contributed by atoms with Gasteiger partial charge in [-0.2, -0.15) is 0 Å². The Morgan fingerprint density at radius 2 is 2.10 bits per heavy atom. The molecule has 0 saturated heterocycles. The molecule has 1 heterocycles. The summed E-state index contributed by atoms with van der Waals surface area (Å²) in [5.41, 5.74) is 0.818. The third-order valence-electron chi connectivity index (χ3n) is 2.82. The standard InChI is InChI=1S/C13H10Cl2N2O3/c14-7-13(18)11-2-1-5-16(11)8-9-3-4-10(15)6-12(9)17(19)20/h1-6H,7-8H2. The van der Waals surface area contributed by atoms with Crippen LogP contribution in [0.4, 0.5) is 5.69 Å². The smallest absolute Gasteiger partial charge is 0.275 e. The summed E-state index contributed by atoms with van der Waals surface area (Å²) in [5.74, 6) is -0.361. The van der Waals surface area contributed by atoms with Crippen LogP contribution in [0, 0.1) is 10.1 Å². The molecule has 0 aliphatic carbocycles. The maximum atomic E-state index is 11.7. The Bertz CT molecular complexity index is 667. The van der Waals surface area contributed by atoms with E-state index in [4.69, 9.17) is 23.2 Å². The van der Waals surface area contributed by atoms with E-state index in [1.807, 2.05) is 0 Å². The summed E-state index contributed by atoms with van der Waals surface area (Å²) in [5, 5.41) is 11.3. The van der Waals surface area contributed by atoms with Gasteiger partial charge in [0.2, 0.25) is 0 Å². The van der Waals surface area contributed by atoms with E-state index in [9.17, 15) is 14.9 Å². The fourth-order valence-electron chi connectivity index (χ4n) is 1.90. The van der Waals surface area contributed by atoms with Gasteiger partial charge in [0.1, 0.15) is 0 Å². The summed E-state index contributed by atoms with van der Waals surface area (Å²) in [6.07, 6.45) is 1.68. The molecule has 0 bridgehead atoms. The summed E-state index contributed by atoms with van der Waals surface area (Å²) >= 11 is 11.3. The van der Waals surface area contributed by atoms with Crippen molar-refractivity contribution in [3.05, 3.63) is 62.9 Å². The van der Waals surface area contributed by atoms with Crippen LogP contribution in [0.15, 0.2) is 36.5 Å². The lowest BCUT2D eigenvalue weighted by Crippen LogP contribution is -2.11. The highest BCUT2D eigenvalue weighted by molar-refractivity contribution is 6.31. The zero-order valence-electron chi connectivity index (χ0n) is 10.3. The van der Waals surface area contributed by atoms with E-state index >= 15 is 0 Å². The second kappa shape index (κ2) is 6.07. The number of nitro benzene ring substituents is 1. The Morgan fingerprint density at radius 1 is 1.35 bits per heavy atom. The first-order valence-corrected chi connectivity index (χ1v) is 6.61. The Morgan fingerprint density at radius 3 is 2.75 bits per heavy atom. The number of benzene rings is 1. The average molecular weight is 313 g/mol. The molecule has 0 unspecified atom stereocenters. The number of halogens is 2. The van der Waals surface area contributed by atoms with E-state index in [-0.39, 0.29) is 23.9 Å². The first-order chi connectivity index (χ1) is 9.52. The Labute approximate surface area is 124 Å². The van der Waals surface area contributed by atoms with Crippen molar-refractivity contribution in [3.8, 4) is 0 Å². The third kappa shape index (κ3) is 3.00. The van der Waals surface area contributed by atoms with E-state index in [1.165, 1.54) is 6.07 Å². The van der Waals surface area contributed by atoms with Crippen LogP contribution in [0.5, 0.6) is 0 Å². The number of alkyl halides is 1. The van der Waals surface area contributed by atoms with Crippen LogP contribution in [-0.2, 0) is 6.54 Å². The monoisotopic (exact) mass is 312 g/mol. The van der Waals surface area contributed by atoms with Gasteiger partial charge in [0, 0.05) is 22.8 Å². The molecule has 0 aliphatic rings. The summed E-state index contributed by atoms with van der Waals surface area (Å²) < 4.78 is 1.63. The molecule has 0 fully saturated rings. The molecule has 104 valence electrons. The molecular weight excluding hydrogens is 303 g/mol. The van der Waals surface area contributed by atoms with Gasteiger partial charge < -0.3 is 4.57 Å². The van der Waals surface area contributed by atoms with Gasteiger partial charge in [-0.1, -0.05) is 11.6 Å². The van der Waals surface area contributed by atoms with Gasteiger partial charge in [0.15, 0.2) is 5.78 Å². The minimum atomic E-state index is -0.492. The molecule has 0 saturated carbocycles. The van der Waals surface area contributed by atoms with Crippen LogP contribution in [0.25, 0.3) is 0 Å². The second-order valence-electron chi connectivity index (χ2n) is 4.11. The number of aromatic nitrogens is 1. The first kappa shape index (κ1) is 14.6. The molecule has 2 aromatic rings. The quantitative estimate of drug-likeness (QED) is 0.367. The van der Waals surface area contributed by atoms with Crippen molar-refractivity contribution in [2.45, 2.75) is 6.54 Å². The molecule has 0 atom stereocenters. The fourth-order valence-corrected chi connectivity index (χ4v) is 2.20. The molecule has 2 rings (SSSR count). The van der Waals surface area contributed by atoms with Gasteiger partial charge in [-0.3, -0.25) is 14.9 Å². The van der Waals surface area contributed by atoms with Crippen molar-refractivity contribution < 1.29 is 9.72 Å². The number of ketones is 1.